The molecule has 0 aliphatic rings. The molecule has 0 amide bonds. The maximum Gasteiger partial charge on any atom is 0.269 e. The molecule has 0 saturated heterocycles. The second-order valence-corrected chi connectivity index (χ2v) is 7.11. The van der Waals surface area contributed by atoms with Crippen molar-refractivity contribution < 1.29 is 4.92 Å². The number of H-pyrrole nitrogens is 1. The first-order valence-corrected chi connectivity index (χ1v) is 9.63. The second-order valence-electron chi connectivity index (χ2n) is 6.72. The van der Waals surface area contributed by atoms with Crippen LogP contribution in [0.3, 0.4) is 0 Å². The number of benzene rings is 3. The molecule has 2 aromatic heterocycles. The summed E-state index contributed by atoms with van der Waals surface area (Å²) >= 11 is 5.61. The average molecular weight is 413 g/mol. The van der Waals surface area contributed by atoms with Gasteiger partial charge in [0, 0.05) is 23.8 Å². The number of nitrogens with zero attached hydrogens (tertiary/aromatic N) is 4. The SMILES string of the molecule is O=[N+]([O-])c1ccc(-c2cc(-n3c(=S)[nH]c4ccccc43)n(-c3ccccc3)n2)cc1. The van der Waals surface area contributed by atoms with Crippen molar-refractivity contribution >= 4 is 28.9 Å². The van der Waals surface area contributed by atoms with Gasteiger partial charge in [-0.25, -0.2) is 4.68 Å². The lowest BCUT2D eigenvalue weighted by atomic mass is 10.1. The maximum absolute atomic E-state index is 11.0. The van der Waals surface area contributed by atoms with E-state index in [1.807, 2.05) is 69.9 Å². The predicted octanol–water partition coefficient (Wildman–Crippen LogP) is 5.45. The van der Waals surface area contributed by atoms with Crippen molar-refractivity contribution in [3.8, 4) is 22.8 Å². The summed E-state index contributed by atoms with van der Waals surface area (Å²) < 4.78 is 4.33. The molecular formula is C22H15N5O2S. The highest BCUT2D eigenvalue weighted by Crippen LogP contribution is 2.28. The molecule has 0 atom stereocenters. The summed E-state index contributed by atoms with van der Waals surface area (Å²) in [6, 6.07) is 26.0. The Morgan fingerprint density at radius 2 is 1.63 bits per heavy atom. The molecule has 146 valence electrons. The van der Waals surface area contributed by atoms with Crippen LogP contribution < -0.4 is 0 Å². The molecule has 0 saturated carbocycles. The van der Waals surface area contributed by atoms with Gasteiger partial charge in [-0.1, -0.05) is 30.3 Å². The molecule has 0 fully saturated rings. The third-order valence-corrected chi connectivity index (χ3v) is 5.17. The van der Waals surface area contributed by atoms with Gasteiger partial charge < -0.3 is 4.98 Å². The van der Waals surface area contributed by atoms with Crippen LogP contribution in [0.2, 0.25) is 0 Å². The smallest absolute Gasteiger partial charge is 0.269 e. The number of nitro benzene ring substituents is 1. The topological polar surface area (TPSA) is 81.7 Å². The minimum absolute atomic E-state index is 0.0420. The first-order valence-electron chi connectivity index (χ1n) is 9.22. The zero-order valence-electron chi connectivity index (χ0n) is 15.6. The quantitative estimate of drug-likeness (QED) is 0.241. The van der Waals surface area contributed by atoms with Crippen molar-refractivity contribution in [2.24, 2.45) is 0 Å². The minimum atomic E-state index is -0.414. The molecule has 0 aliphatic carbocycles. The van der Waals surface area contributed by atoms with Gasteiger partial charge in [0.15, 0.2) is 4.77 Å². The Morgan fingerprint density at radius 3 is 2.37 bits per heavy atom. The van der Waals surface area contributed by atoms with Crippen molar-refractivity contribution in [1.82, 2.24) is 19.3 Å². The Hall–Kier alpha value is -4.04. The number of hydrogen-bond donors (Lipinski definition) is 1. The molecular weight excluding hydrogens is 398 g/mol. The average Bonchev–Trinajstić information content (AvgIpc) is 3.34. The molecule has 0 spiro atoms. The Kier molecular flexibility index (Phi) is 4.26. The van der Waals surface area contributed by atoms with Crippen LogP contribution in [0.4, 0.5) is 5.69 Å². The van der Waals surface area contributed by atoms with Gasteiger partial charge in [-0.2, -0.15) is 5.10 Å². The molecule has 0 unspecified atom stereocenters. The number of non-ortho nitro benzene ring substituents is 1. The summed E-state index contributed by atoms with van der Waals surface area (Å²) in [5.74, 6) is 0.775. The Morgan fingerprint density at radius 1 is 0.933 bits per heavy atom. The second kappa shape index (κ2) is 7.09. The lowest BCUT2D eigenvalue weighted by Gasteiger charge is -2.08. The Bertz CT molecular complexity index is 1430. The highest BCUT2D eigenvalue weighted by atomic mass is 32.1. The number of nitro groups is 1. The molecule has 0 bridgehead atoms. The lowest BCUT2D eigenvalue weighted by molar-refractivity contribution is -0.384. The van der Waals surface area contributed by atoms with Gasteiger partial charge in [-0.05, 0) is 48.6 Å². The van der Waals surface area contributed by atoms with Gasteiger partial charge in [-0.3, -0.25) is 14.7 Å². The van der Waals surface area contributed by atoms with Gasteiger partial charge in [0.05, 0.1) is 27.3 Å². The van der Waals surface area contributed by atoms with Gasteiger partial charge in [0.25, 0.3) is 5.69 Å². The van der Waals surface area contributed by atoms with Crippen molar-refractivity contribution in [3.05, 3.63) is 99.8 Å². The third kappa shape index (κ3) is 2.99. The van der Waals surface area contributed by atoms with E-state index in [1.165, 1.54) is 12.1 Å². The Balaban J connectivity index is 1.75. The number of hydrogen-bond acceptors (Lipinski definition) is 4. The Labute approximate surface area is 176 Å². The molecule has 3 aromatic carbocycles. The van der Waals surface area contributed by atoms with E-state index in [9.17, 15) is 10.1 Å². The van der Waals surface area contributed by atoms with Crippen LogP contribution in [0.15, 0.2) is 84.9 Å². The van der Waals surface area contributed by atoms with Crippen molar-refractivity contribution in [1.29, 1.82) is 0 Å². The predicted molar refractivity (Wildman–Crippen MR) is 118 cm³/mol. The summed E-state index contributed by atoms with van der Waals surface area (Å²) in [7, 11) is 0. The van der Waals surface area contributed by atoms with E-state index in [1.54, 1.807) is 12.1 Å². The number of imidazole rings is 1. The van der Waals surface area contributed by atoms with Crippen LogP contribution in [0.5, 0.6) is 0 Å². The fraction of sp³-hybridized carbons (Fsp3) is 0. The van der Waals surface area contributed by atoms with Crippen molar-refractivity contribution in [2.75, 3.05) is 0 Å². The fourth-order valence-electron chi connectivity index (χ4n) is 3.47. The number of fused-ring (bicyclic) bond motifs is 1. The standard InChI is InChI=1S/C22H15N5O2S/c28-27(29)17-12-10-15(11-13-17)19-14-21(26(24-19)16-6-2-1-3-7-16)25-20-9-5-4-8-18(20)23-22(25)30/h1-14H,(H,23,30). The van der Waals surface area contributed by atoms with Gasteiger partial charge in [-0.15, -0.1) is 0 Å². The van der Waals surface area contributed by atoms with E-state index in [2.05, 4.69) is 4.98 Å². The fourth-order valence-corrected chi connectivity index (χ4v) is 3.77. The summed E-state index contributed by atoms with van der Waals surface area (Å²) in [6.07, 6.45) is 0. The maximum atomic E-state index is 11.0. The summed E-state index contributed by atoms with van der Waals surface area (Å²) in [5, 5.41) is 15.8. The molecule has 5 rings (SSSR count). The zero-order chi connectivity index (χ0) is 20.7. The highest BCUT2D eigenvalue weighted by Gasteiger charge is 2.17. The van der Waals surface area contributed by atoms with E-state index >= 15 is 0 Å². The largest absolute Gasteiger partial charge is 0.330 e. The number of para-hydroxylation sites is 3. The van der Waals surface area contributed by atoms with Crippen LogP contribution in [-0.2, 0) is 0 Å². The van der Waals surface area contributed by atoms with Gasteiger partial charge >= 0.3 is 0 Å². The monoisotopic (exact) mass is 413 g/mol. The summed E-state index contributed by atoms with van der Waals surface area (Å²) in [4.78, 5) is 13.8. The van der Waals surface area contributed by atoms with Gasteiger partial charge in [0.1, 0.15) is 5.82 Å². The minimum Gasteiger partial charge on any atom is -0.330 e. The molecule has 0 radical (unpaired) electrons. The zero-order valence-corrected chi connectivity index (χ0v) is 16.4. The summed E-state index contributed by atoms with van der Waals surface area (Å²) in [5.41, 5.74) is 4.27. The highest BCUT2D eigenvalue weighted by molar-refractivity contribution is 7.71. The number of nitrogens with one attached hydrogen (secondary N) is 1. The normalized spacial score (nSPS) is 11.1. The number of aromatic nitrogens is 4. The number of aromatic amines is 1. The van der Waals surface area contributed by atoms with E-state index in [4.69, 9.17) is 17.3 Å². The third-order valence-electron chi connectivity index (χ3n) is 4.88. The van der Waals surface area contributed by atoms with E-state index < -0.39 is 4.92 Å². The molecule has 5 aromatic rings. The molecule has 7 nitrogen and oxygen atoms in total. The summed E-state index contributed by atoms with van der Waals surface area (Å²) in [6.45, 7) is 0. The van der Waals surface area contributed by atoms with Crippen LogP contribution in [0.1, 0.15) is 0 Å². The van der Waals surface area contributed by atoms with Crippen molar-refractivity contribution in [2.45, 2.75) is 0 Å². The van der Waals surface area contributed by atoms with Crippen molar-refractivity contribution in [3.63, 3.8) is 0 Å². The van der Waals surface area contributed by atoms with E-state index in [0.717, 1.165) is 28.1 Å². The van der Waals surface area contributed by atoms with Gasteiger partial charge in [0.2, 0.25) is 0 Å². The molecule has 30 heavy (non-hydrogen) atoms. The van der Waals surface area contributed by atoms with E-state index in [-0.39, 0.29) is 5.69 Å². The van der Waals surface area contributed by atoms with Crippen LogP contribution in [0.25, 0.3) is 33.8 Å². The molecule has 0 aliphatic heterocycles. The molecule has 8 heteroatoms. The van der Waals surface area contributed by atoms with Crippen LogP contribution >= 0.6 is 12.2 Å². The lowest BCUT2D eigenvalue weighted by Crippen LogP contribution is -2.05. The van der Waals surface area contributed by atoms with Crippen LogP contribution in [-0.4, -0.2) is 24.3 Å². The molecule has 2 heterocycles. The first-order chi connectivity index (χ1) is 14.6. The first kappa shape index (κ1) is 18.0. The molecule has 1 N–H and O–H groups in total. The number of rotatable bonds is 4. The van der Waals surface area contributed by atoms with Crippen LogP contribution in [0, 0.1) is 14.9 Å². The van der Waals surface area contributed by atoms with E-state index in [0.29, 0.717) is 10.5 Å².